The zero-order chi connectivity index (χ0) is 15.6. The molecule has 0 heterocycles. The standard InChI is InChI=1S/C17H19Cl2NO/c1-10-8-15(9-11(2)16(10)19)21-17(12(3)20)13-4-6-14(18)7-5-13/h4-9,12,17H,20H2,1-3H3. The van der Waals surface area contributed by atoms with E-state index in [1.54, 1.807) is 0 Å². The molecule has 2 aromatic rings. The van der Waals surface area contributed by atoms with Crippen molar-refractivity contribution >= 4 is 23.2 Å². The molecule has 21 heavy (non-hydrogen) atoms. The Kier molecular flexibility index (Phi) is 5.15. The Labute approximate surface area is 135 Å². The van der Waals surface area contributed by atoms with E-state index in [0.29, 0.717) is 5.02 Å². The van der Waals surface area contributed by atoms with Crippen molar-refractivity contribution in [3.05, 3.63) is 63.1 Å². The highest BCUT2D eigenvalue weighted by molar-refractivity contribution is 6.32. The highest BCUT2D eigenvalue weighted by Crippen LogP contribution is 2.30. The van der Waals surface area contributed by atoms with Crippen LogP contribution in [0, 0.1) is 13.8 Å². The minimum atomic E-state index is -0.234. The van der Waals surface area contributed by atoms with Crippen molar-refractivity contribution in [3.8, 4) is 5.75 Å². The Balaban J connectivity index is 2.30. The van der Waals surface area contributed by atoms with E-state index in [9.17, 15) is 0 Å². The number of hydrogen-bond donors (Lipinski definition) is 1. The Hall–Kier alpha value is -1.22. The Morgan fingerprint density at radius 3 is 2.00 bits per heavy atom. The van der Waals surface area contributed by atoms with Crippen LogP contribution in [-0.4, -0.2) is 6.04 Å². The number of benzene rings is 2. The lowest BCUT2D eigenvalue weighted by Gasteiger charge is -2.23. The summed E-state index contributed by atoms with van der Waals surface area (Å²) < 4.78 is 6.09. The van der Waals surface area contributed by atoms with Crippen LogP contribution in [0.15, 0.2) is 36.4 Å². The van der Waals surface area contributed by atoms with Crippen LogP contribution in [-0.2, 0) is 0 Å². The van der Waals surface area contributed by atoms with Gasteiger partial charge < -0.3 is 10.5 Å². The maximum absolute atomic E-state index is 6.19. The number of halogens is 2. The molecule has 2 rings (SSSR count). The van der Waals surface area contributed by atoms with Crippen LogP contribution in [0.1, 0.15) is 29.7 Å². The molecule has 4 heteroatoms. The molecule has 0 aliphatic rings. The summed E-state index contributed by atoms with van der Waals surface area (Å²) in [6.45, 7) is 5.85. The number of aryl methyl sites for hydroxylation is 2. The van der Waals surface area contributed by atoms with Gasteiger partial charge in [-0.1, -0.05) is 35.3 Å². The summed E-state index contributed by atoms with van der Waals surface area (Å²) in [4.78, 5) is 0. The lowest BCUT2D eigenvalue weighted by Crippen LogP contribution is -2.29. The second-order valence-electron chi connectivity index (χ2n) is 5.32. The quantitative estimate of drug-likeness (QED) is 0.851. The Morgan fingerprint density at radius 2 is 1.52 bits per heavy atom. The third kappa shape index (κ3) is 3.91. The van der Waals surface area contributed by atoms with Gasteiger partial charge in [0.15, 0.2) is 0 Å². The number of nitrogens with two attached hydrogens (primary N) is 1. The van der Waals surface area contributed by atoms with E-state index in [0.717, 1.165) is 27.5 Å². The minimum absolute atomic E-state index is 0.150. The molecule has 0 aromatic heterocycles. The van der Waals surface area contributed by atoms with Gasteiger partial charge in [0.25, 0.3) is 0 Å². The number of ether oxygens (including phenoxy) is 1. The van der Waals surface area contributed by atoms with Crippen LogP contribution in [0.4, 0.5) is 0 Å². The molecule has 2 unspecified atom stereocenters. The predicted octanol–water partition coefficient (Wildman–Crippen LogP) is 5.08. The monoisotopic (exact) mass is 323 g/mol. The molecule has 0 aliphatic carbocycles. The molecular weight excluding hydrogens is 305 g/mol. The molecule has 112 valence electrons. The van der Waals surface area contributed by atoms with Crippen molar-refractivity contribution in [2.75, 3.05) is 0 Å². The van der Waals surface area contributed by atoms with Crippen LogP contribution in [0.5, 0.6) is 5.75 Å². The average molecular weight is 324 g/mol. The molecule has 2 aromatic carbocycles. The zero-order valence-electron chi connectivity index (χ0n) is 12.4. The van der Waals surface area contributed by atoms with E-state index in [-0.39, 0.29) is 12.1 Å². The van der Waals surface area contributed by atoms with Crippen molar-refractivity contribution in [2.24, 2.45) is 5.73 Å². The molecule has 2 N–H and O–H groups in total. The van der Waals surface area contributed by atoms with Crippen molar-refractivity contribution in [2.45, 2.75) is 32.9 Å². The maximum atomic E-state index is 6.19. The van der Waals surface area contributed by atoms with Gasteiger partial charge >= 0.3 is 0 Å². The molecular formula is C17H19Cl2NO. The fourth-order valence-corrected chi connectivity index (χ4v) is 2.49. The molecule has 0 saturated carbocycles. The lowest BCUT2D eigenvalue weighted by atomic mass is 10.0. The first-order valence-corrected chi connectivity index (χ1v) is 7.58. The first-order chi connectivity index (χ1) is 9.88. The molecule has 0 radical (unpaired) electrons. The third-order valence-electron chi connectivity index (χ3n) is 3.35. The topological polar surface area (TPSA) is 35.2 Å². The molecule has 0 aliphatic heterocycles. The van der Waals surface area contributed by atoms with Gasteiger partial charge in [0.05, 0.1) is 0 Å². The normalized spacial score (nSPS) is 13.8. The van der Waals surface area contributed by atoms with Crippen LogP contribution >= 0.6 is 23.2 Å². The zero-order valence-corrected chi connectivity index (χ0v) is 13.9. The van der Waals surface area contributed by atoms with Gasteiger partial charge in [0, 0.05) is 16.1 Å². The third-order valence-corrected chi connectivity index (χ3v) is 4.20. The van der Waals surface area contributed by atoms with Gasteiger partial charge in [-0.15, -0.1) is 0 Å². The SMILES string of the molecule is Cc1cc(OC(c2ccc(Cl)cc2)C(C)N)cc(C)c1Cl. The van der Waals surface area contributed by atoms with Gasteiger partial charge in [-0.3, -0.25) is 0 Å². The van der Waals surface area contributed by atoms with E-state index < -0.39 is 0 Å². The molecule has 0 fully saturated rings. The lowest BCUT2D eigenvalue weighted by molar-refractivity contribution is 0.180. The molecule has 0 spiro atoms. The average Bonchev–Trinajstić information content (AvgIpc) is 2.43. The number of hydrogen-bond acceptors (Lipinski definition) is 2. The van der Waals surface area contributed by atoms with Crippen LogP contribution in [0.25, 0.3) is 0 Å². The van der Waals surface area contributed by atoms with E-state index in [4.69, 9.17) is 33.7 Å². The predicted molar refractivity (Wildman–Crippen MR) is 89.4 cm³/mol. The van der Waals surface area contributed by atoms with Crippen LogP contribution < -0.4 is 10.5 Å². The smallest absolute Gasteiger partial charge is 0.138 e. The minimum Gasteiger partial charge on any atom is -0.484 e. The summed E-state index contributed by atoms with van der Waals surface area (Å²) in [5.74, 6) is 0.770. The number of rotatable bonds is 4. The Bertz CT molecular complexity index is 600. The van der Waals surface area contributed by atoms with Crippen LogP contribution in [0.3, 0.4) is 0 Å². The van der Waals surface area contributed by atoms with Crippen molar-refractivity contribution < 1.29 is 4.74 Å². The van der Waals surface area contributed by atoms with E-state index >= 15 is 0 Å². The van der Waals surface area contributed by atoms with Gasteiger partial charge in [0.1, 0.15) is 11.9 Å². The summed E-state index contributed by atoms with van der Waals surface area (Å²) in [6.07, 6.45) is -0.234. The van der Waals surface area contributed by atoms with Crippen molar-refractivity contribution in [3.63, 3.8) is 0 Å². The van der Waals surface area contributed by atoms with E-state index in [1.165, 1.54) is 0 Å². The molecule has 2 atom stereocenters. The van der Waals surface area contributed by atoms with Gasteiger partial charge in [-0.2, -0.15) is 0 Å². The van der Waals surface area contributed by atoms with E-state index in [2.05, 4.69) is 0 Å². The van der Waals surface area contributed by atoms with Gasteiger partial charge in [-0.05, 0) is 61.7 Å². The second-order valence-corrected chi connectivity index (χ2v) is 6.13. The highest BCUT2D eigenvalue weighted by atomic mass is 35.5. The highest BCUT2D eigenvalue weighted by Gasteiger charge is 2.19. The fraction of sp³-hybridized carbons (Fsp3) is 0.294. The molecule has 0 saturated heterocycles. The van der Waals surface area contributed by atoms with Crippen molar-refractivity contribution in [1.82, 2.24) is 0 Å². The van der Waals surface area contributed by atoms with E-state index in [1.807, 2.05) is 57.2 Å². The summed E-state index contributed by atoms with van der Waals surface area (Å²) in [7, 11) is 0. The van der Waals surface area contributed by atoms with Gasteiger partial charge in [-0.25, -0.2) is 0 Å². The Morgan fingerprint density at radius 1 is 1.00 bits per heavy atom. The summed E-state index contributed by atoms with van der Waals surface area (Å²) in [6, 6.07) is 11.3. The molecule has 0 amide bonds. The maximum Gasteiger partial charge on any atom is 0.138 e. The second kappa shape index (κ2) is 6.69. The fourth-order valence-electron chi connectivity index (χ4n) is 2.25. The first-order valence-electron chi connectivity index (χ1n) is 6.83. The van der Waals surface area contributed by atoms with Crippen LogP contribution in [0.2, 0.25) is 10.0 Å². The summed E-state index contributed by atoms with van der Waals surface area (Å²) >= 11 is 12.1. The molecule has 2 nitrogen and oxygen atoms in total. The summed E-state index contributed by atoms with van der Waals surface area (Å²) in [5, 5.41) is 1.46. The summed E-state index contributed by atoms with van der Waals surface area (Å²) in [5.41, 5.74) is 9.06. The van der Waals surface area contributed by atoms with Crippen molar-refractivity contribution in [1.29, 1.82) is 0 Å². The largest absolute Gasteiger partial charge is 0.484 e. The molecule has 0 bridgehead atoms. The van der Waals surface area contributed by atoms with Gasteiger partial charge in [0.2, 0.25) is 0 Å². The first kappa shape index (κ1) is 16.2.